The van der Waals surface area contributed by atoms with Crippen molar-refractivity contribution in [1.29, 1.82) is 0 Å². The maximum Gasteiger partial charge on any atom is 0.325 e. The minimum atomic E-state index is -1.19. The van der Waals surface area contributed by atoms with E-state index in [2.05, 4.69) is 5.32 Å². The van der Waals surface area contributed by atoms with Crippen LogP contribution in [0.4, 0.5) is 4.79 Å². The molecule has 7 heteroatoms. The van der Waals surface area contributed by atoms with Crippen LogP contribution in [0.2, 0.25) is 0 Å². The number of amides is 4. The molecule has 0 unspecified atom stereocenters. The zero-order valence-corrected chi connectivity index (χ0v) is 15.2. The van der Waals surface area contributed by atoms with Gasteiger partial charge in [0, 0.05) is 13.6 Å². The standard InChI is InChI=1S/C18H25N3O4/c1-5-6-11-20(3)15(22)12-21-16(23)18(2,19-17(21)24)13-7-9-14(25-4)10-8-13/h7-10H,5-6,11-12H2,1-4H3,(H,19,24)/t18-/m1/s1. The van der Waals surface area contributed by atoms with Gasteiger partial charge in [-0.15, -0.1) is 0 Å². The molecule has 1 N–H and O–H groups in total. The molecule has 0 aliphatic carbocycles. The maximum atomic E-state index is 12.8. The topological polar surface area (TPSA) is 79.0 Å². The number of nitrogens with zero attached hydrogens (tertiary/aromatic N) is 2. The minimum absolute atomic E-state index is 0.253. The Bertz CT molecular complexity index is 659. The van der Waals surface area contributed by atoms with Crippen LogP contribution in [-0.4, -0.2) is 54.9 Å². The fourth-order valence-corrected chi connectivity index (χ4v) is 2.74. The van der Waals surface area contributed by atoms with Crippen LogP contribution in [0.3, 0.4) is 0 Å². The van der Waals surface area contributed by atoms with E-state index in [0.717, 1.165) is 17.7 Å². The summed E-state index contributed by atoms with van der Waals surface area (Å²) in [6.07, 6.45) is 1.85. The van der Waals surface area contributed by atoms with Crippen LogP contribution in [0.15, 0.2) is 24.3 Å². The Hall–Kier alpha value is -2.57. The molecule has 0 spiro atoms. The number of rotatable bonds is 7. The average Bonchev–Trinajstić information content (AvgIpc) is 2.83. The zero-order chi connectivity index (χ0) is 18.6. The molecule has 7 nitrogen and oxygen atoms in total. The summed E-state index contributed by atoms with van der Waals surface area (Å²) in [6, 6.07) is 6.37. The van der Waals surface area contributed by atoms with Gasteiger partial charge in [-0.3, -0.25) is 14.5 Å². The minimum Gasteiger partial charge on any atom is -0.497 e. The van der Waals surface area contributed by atoms with Crippen molar-refractivity contribution < 1.29 is 19.1 Å². The monoisotopic (exact) mass is 347 g/mol. The first-order chi connectivity index (χ1) is 11.8. The summed E-state index contributed by atoms with van der Waals surface area (Å²) in [4.78, 5) is 39.9. The fourth-order valence-electron chi connectivity index (χ4n) is 2.74. The Morgan fingerprint density at radius 3 is 2.48 bits per heavy atom. The molecule has 4 amide bonds. The Kier molecular flexibility index (Phi) is 5.66. The van der Waals surface area contributed by atoms with Gasteiger partial charge in [0.1, 0.15) is 17.8 Å². The van der Waals surface area contributed by atoms with E-state index < -0.39 is 17.5 Å². The molecule has 0 aromatic heterocycles. The fraction of sp³-hybridized carbons (Fsp3) is 0.500. The molecule has 1 heterocycles. The number of imide groups is 1. The predicted octanol–water partition coefficient (Wildman–Crippen LogP) is 1.72. The van der Waals surface area contributed by atoms with Gasteiger partial charge in [-0.05, 0) is 31.0 Å². The lowest BCUT2D eigenvalue weighted by atomic mass is 9.92. The number of benzene rings is 1. The smallest absolute Gasteiger partial charge is 0.325 e. The molecular formula is C18H25N3O4. The van der Waals surface area contributed by atoms with Crippen LogP contribution < -0.4 is 10.1 Å². The first kappa shape index (κ1) is 18.8. The number of unbranched alkanes of at least 4 members (excludes halogenated alkanes) is 1. The first-order valence-electron chi connectivity index (χ1n) is 8.36. The first-order valence-corrected chi connectivity index (χ1v) is 8.36. The Morgan fingerprint density at radius 2 is 1.92 bits per heavy atom. The summed E-state index contributed by atoms with van der Waals surface area (Å²) >= 11 is 0. The average molecular weight is 347 g/mol. The second-order valence-corrected chi connectivity index (χ2v) is 6.34. The number of hydrogen-bond acceptors (Lipinski definition) is 4. The number of hydrogen-bond donors (Lipinski definition) is 1. The molecule has 0 bridgehead atoms. The van der Waals surface area contributed by atoms with Crippen molar-refractivity contribution >= 4 is 17.8 Å². The van der Waals surface area contributed by atoms with Crippen LogP contribution in [0.1, 0.15) is 32.3 Å². The third-order valence-electron chi connectivity index (χ3n) is 4.51. The van der Waals surface area contributed by atoms with E-state index in [4.69, 9.17) is 4.74 Å². The van der Waals surface area contributed by atoms with Crippen molar-refractivity contribution in [3.05, 3.63) is 29.8 Å². The van der Waals surface area contributed by atoms with Crippen LogP contribution in [0, 0.1) is 0 Å². The van der Waals surface area contributed by atoms with Gasteiger partial charge in [-0.25, -0.2) is 4.79 Å². The highest BCUT2D eigenvalue weighted by atomic mass is 16.5. The third kappa shape index (κ3) is 3.75. The van der Waals surface area contributed by atoms with Gasteiger partial charge in [-0.1, -0.05) is 25.5 Å². The molecule has 2 rings (SSSR count). The van der Waals surface area contributed by atoms with Crippen molar-refractivity contribution in [3.8, 4) is 5.75 Å². The number of urea groups is 1. The normalized spacial score (nSPS) is 19.8. The van der Waals surface area contributed by atoms with E-state index in [1.165, 1.54) is 0 Å². The maximum absolute atomic E-state index is 12.8. The number of carbonyl (C=O) groups is 3. The number of carbonyl (C=O) groups excluding carboxylic acids is 3. The Labute approximate surface area is 147 Å². The highest BCUT2D eigenvalue weighted by Crippen LogP contribution is 2.29. The van der Waals surface area contributed by atoms with Crippen molar-refractivity contribution in [2.24, 2.45) is 0 Å². The lowest BCUT2D eigenvalue weighted by Gasteiger charge is -2.23. The highest BCUT2D eigenvalue weighted by Gasteiger charge is 2.49. The zero-order valence-electron chi connectivity index (χ0n) is 15.2. The third-order valence-corrected chi connectivity index (χ3v) is 4.51. The highest BCUT2D eigenvalue weighted by molar-refractivity contribution is 6.09. The van der Waals surface area contributed by atoms with E-state index in [-0.39, 0.29) is 12.5 Å². The molecule has 1 atom stereocenters. The van der Waals surface area contributed by atoms with Gasteiger partial charge >= 0.3 is 6.03 Å². The van der Waals surface area contributed by atoms with Crippen molar-refractivity contribution in [3.63, 3.8) is 0 Å². The summed E-state index contributed by atoms with van der Waals surface area (Å²) < 4.78 is 5.11. The van der Waals surface area contributed by atoms with Gasteiger partial charge in [-0.2, -0.15) is 0 Å². The van der Waals surface area contributed by atoms with Gasteiger partial charge in [0.05, 0.1) is 7.11 Å². The molecule has 0 radical (unpaired) electrons. The van der Waals surface area contributed by atoms with Crippen molar-refractivity contribution in [2.75, 3.05) is 27.2 Å². The molecule has 1 fully saturated rings. The van der Waals surface area contributed by atoms with Gasteiger partial charge in [0.25, 0.3) is 5.91 Å². The second kappa shape index (κ2) is 7.55. The van der Waals surface area contributed by atoms with Gasteiger partial charge in [0.2, 0.25) is 5.91 Å². The summed E-state index contributed by atoms with van der Waals surface area (Å²) in [5, 5.41) is 2.70. The molecule has 0 saturated carbocycles. The van der Waals surface area contributed by atoms with Crippen LogP contribution >= 0.6 is 0 Å². The largest absolute Gasteiger partial charge is 0.497 e. The predicted molar refractivity (Wildman–Crippen MR) is 93.1 cm³/mol. The van der Waals surface area contributed by atoms with Crippen LogP contribution in [-0.2, 0) is 15.1 Å². The van der Waals surface area contributed by atoms with Crippen molar-refractivity contribution in [1.82, 2.24) is 15.1 Å². The van der Waals surface area contributed by atoms with Crippen LogP contribution in [0.5, 0.6) is 5.75 Å². The van der Waals surface area contributed by atoms with Gasteiger partial charge < -0.3 is 15.0 Å². The number of ether oxygens (including phenoxy) is 1. The molecule has 1 aromatic carbocycles. The Morgan fingerprint density at radius 1 is 1.28 bits per heavy atom. The van der Waals surface area contributed by atoms with Gasteiger partial charge in [0.15, 0.2) is 0 Å². The van der Waals surface area contributed by atoms with Crippen LogP contribution in [0.25, 0.3) is 0 Å². The second-order valence-electron chi connectivity index (χ2n) is 6.34. The lowest BCUT2D eigenvalue weighted by Crippen LogP contribution is -2.43. The van der Waals surface area contributed by atoms with E-state index in [1.807, 2.05) is 6.92 Å². The molecule has 1 aromatic rings. The number of likely N-dealkylation sites (N-methyl/N-ethyl adjacent to an activating group) is 1. The molecular weight excluding hydrogens is 322 g/mol. The summed E-state index contributed by atoms with van der Waals surface area (Å²) in [5.41, 5.74) is -0.549. The van der Waals surface area contributed by atoms with E-state index in [9.17, 15) is 14.4 Å². The molecule has 1 aliphatic heterocycles. The molecule has 136 valence electrons. The Balaban J connectivity index is 2.14. The molecule has 1 saturated heterocycles. The number of methoxy groups -OCH3 is 1. The molecule has 1 aliphatic rings. The quantitative estimate of drug-likeness (QED) is 0.762. The summed E-state index contributed by atoms with van der Waals surface area (Å²) in [5.74, 6) is -0.0236. The van der Waals surface area contributed by atoms with E-state index in [0.29, 0.717) is 17.9 Å². The van der Waals surface area contributed by atoms with E-state index >= 15 is 0 Å². The summed E-state index contributed by atoms with van der Waals surface area (Å²) in [7, 11) is 3.24. The van der Waals surface area contributed by atoms with E-state index in [1.54, 1.807) is 50.2 Å². The number of nitrogens with one attached hydrogen (secondary N) is 1. The lowest BCUT2D eigenvalue weighted by molar-refractivity contribution is -0.138. The SMILES string of the molecule is CCCCN(C)C(=O)CN1C(=O)N[C@](C)(c2ccc(OC)cc2)C1=O. The van der Waals surface area contributed by atoms with Crippen molar-refractivity contribution in [2.45, 2.75) is 32.2 Å². The summed E-state index contributed by atoms with van der Waals surface area (Å²) in [6.45, 7) is 4.03. The molecule has 25 heavy (non-hydrogen) atoms.